The van der Waals surface area contributed by atoms with E-state index in [1.54, 1.807) is 12.3 Å². The minimum Gasteiger partial charge on any atom is -0.485 e. The van der Waals surface area contributed by atoms with Crippen molar-refractivity contribution >= 4 is 0 Å². The predicted molar refractivity (Wildman–Crippen MR) is 69.5 cm³/mol. The SMILES string of the molecule is CNCc1cc(C)c(OCc2ccno2)c(C)c1. The first-order chi connectivity index (χ1) is 8.70. The molecule has 0 amide bonds. The van der Waals surface area contributed by atoms with Crippen LogP contribution >= 0.6 is 0 Å². The third-order valence-electron chi connectivity index (χ3n) is 2.75. The van der Waals surface area contributed by atoms with Gasteiger partial charge in [-0.2, -0.15) is 0 Å². The minimum atomic E-state index is 0.410. The predicted octanol–water partition coefficient (Wildman–Crippen LogP) is 2.59. The molecule has 1 N–H and O–H groups in total. The molecule has 2 rings (SSSR count). The maximum Gasteiger partial charge on any atom is 0.174 e. The molecule has 0 saturated heterocycles. The summed E-state index contributed by atoms with van der Waals surface area (Å²) in [5, 5.41) is 6.80. The molecule has 0 fully saturated rings. The van der Waals surface area contributed by atoms with E-state index in [4.69, 9.17) is 9.26 Å². The van der Waals surface area contributed by atoms with Gasteiger partial charge in [0.1, 0.15) is 12.4 Å². The smallest absolute Gasteiger partial charge is 0.174 e. The van der Waals surface area contributed by atoms with Crippen molar-refractivity contribution in [1.82, 2.24) is 10.5 Å². The lowest BCUT2D eigenvalue weighted by atomic mass is 10.1. The molecule has 0 bridgehead atoms. The van der Waals surface area contributed by atoms with E-state index in [2.05, 4.69) is 36.5 Å². The maximum atomic E-state index is 5.79. The lowest BCUT2D eigenvalue weighted by Gasteiger charge is -2.13. The fraction of sp³-hybridized carbons (Fsp3) is 0.357. The highest BCUT2D eigenvalue weighted by atomic mass is 16.5. The van der Waals surface area contributed by atoms with Crippen LogP contribution in [-0.4, -0.2) is 12.2 Å². The van der Waals surface area contributed by atoms with Gasteiger partial charge in [0.25, 0.3) is 0 Å². The zero-order chi connectivity index (χ0) is 13.0. The largest absolute Gasteiger partial charge is 0.485 e. The molecule has 0 aliphatic heterocycles. The Balaban J connectivity index is 2.12. The number of benzene rings is 1. The van der Waals surface area contributed by atoms with Gasteiger partial charge in [-0.3, -0.25) is 0 Å². The molecule has 0 aliphatic rings. The molecule has 18 heavy (non-hydrogen) atoms. The van der Waals surface area contributed by atoms with Crippen LogP contribution in [0.2, 0.25) is 0 Å². The molecular weight excluding hydrogens is 228 g/mol. The second-order valence-corrected chi connectivity index (χ2v) is 4.36. The molecule has 0 atom stereocenters. The molecule has 96 valence electrons. The highest BCUT2D eigenvalue weighted by molar-refractivity contribution is 5.43. The van der Waals surface area contributed by atoms with Crippen LogP contribution in [0, 0.1) is 13.8 Å². The van der Waals surface area contributed by atoms with Crippen molar-refractivity contribution in [2.75, 3.05) is 7.05 Å². The zero-order valence-electron chi connectivity index (χ0n) is 11.0. The lowest BCUT2D eigenvalue weighted by Crippen LogP contribution is -2.06. The average molecular weight is 246 g/mol. The molecule has 0 spiro atoms. The summed E-state index contributed by atoms with van der Waals surface area (Å²) in [7, 11) is 1.94. The molecule has 4 nitrogen and oxygen atoms in total. The van der Waals surface area contributed by atoms with Crippen molar-refractivity contribution in [3.63, 3.8) is 0 Å². The fourth-order valence-corrected chi connectivity index (χ4v) is 2.03. The van der Waals surface area contributed by atoms with Gasteiger partial charge < -0.3 is 14.6 Å². The van der Waals surface area contributed by atoms with Gasteiger partial charge in [0.05, 0.1) is 6.20 Å². The van der Waals surface area contributed by atoms with E-state index in [-0.39, 0.29) is 0 Å². The summed E-state index contributed by atoms with van der Waals surface area (Å²) in [6.45, 7) is 5.39. The first-order valence-electron chi connectivity index (χ1n) is 5.98. The highest BCUT2D eigenvalue weighted by Gasteiger charge is 2.07. The molecule has 2 aromatic rings. The van der Waals surface area contributed by atoms with E-state index in [9.17, 15) is 0 Å². The van der Waals surface area contributed by atoms with Crippen molar-refractivity contribution in [3.05, 3.63) is 46.8 Å². The van der Waals surface area contributed by atoms with Gasteiger partial charge in [0.15, 0.2) is 5.76 Å². The van der Waals surface area contributed by atoms with Crippen LogP contribution in [0.3, 0.4) is 0 Å². The third kappa shape index (κ3) is 2.90. The molecule has 0 unspecified atom stereocenters. The number of nitrogens with one attached hydrogen (secondary N) is 1. The average Bonchev–Trinajstić information content (AvgIpc) is 2.81. The zero-order valence-corrected chi connectivity index (χ0v) is 11.0. The highest BCUT2D eigenvalue weighted by Crippen LogP contribution is 2.25. The second kappa shape index (κ2) is 5.69. The van der Waals surface area contributed by atoms with Crippen LogP contribution in [0.25, 0.3) is 0 Å². The van der Waals surface area contributed by atoms with E-state index < -0.39 is 0 Å². The first kappa shape index (κ1) is 12.6. The second-order valence-electron chi connectivity index (χ2n) is 4.36. The number of hydrogen-bond acceptors (Lipinski definition) is 4. The summed E-state index contributed by atoms with van der Waals surface area (Å²) >= 11 is 0. The number of ether oxygens (including phenoxy) is 1. The van der Waals surface area contributed by atoms with Crippen LogP contribution in [0.1, 0.15) is 22.5 Å². The standard InChI is InChI=1S/C14H18N2O2/c1-10-6-12(8-15-3)7-11(2)14(10)17-9-13-4-5-16-18-13/h4-7,15H,8-9H2,1-3H3. The number of rotatable bonds is 5. The first-order valence-corrected chi connectivity index (χ1v) is 5.98. The summed E-state index contributed by atoms with van der Waals surface area (Å²) in [6.07, 6.45) is 1.62. The van der Waals surface area contributed by atoms with Crippen LogP contribution in [0.4, 0.5) is 0 Å². The summed E-state index contributed by atoms with van der Waals surface area (Å²) in [4.78, 5) is 0. The van der Waals surface area contributed by atoms with Crippen molar-refractivity contribution in [1.29, 1.82) is 0 Å². The Labute approximate surface area is 107 Å². The van der Waals surface area contributed by atoms with Gasteiger partial charge in [-0.25, -0.2) is 0 Å². The van der Waals surface area contributed by atoms with Crippen molar-refractivity contribution in [2.24, 2.45) is 0 Å². The molecule has 1 aromatic carbocycles. The summed E-state index contributed by atoms with van der Waals surface area (Å²) in [5.41, 5.74) is 3.54. The van der Waals surface area contributed by atoms with E-state index in [1.165, 1.54) is 5.56 Å². The van der Waals surface area contributed by atoms with Gasteiger partial charge in [-0.15, -0.1) is 0 Å². The molecule has 0 aliphatic carbocycles. The Morgan fingerprint density at radius 1 is 1.28 bits per heavy atom. The number of aryl methyl sites for hydroxylation is 2. The topological polar surface area (TPSA) is 47.3 Å². The number of hydrogen-bond donors (Lipinski definition) is 1. The fourth-order valence-electron chi connectivity index (χ4n) is 2.03. The number of nitrogens with zero attached hydrogens (tertiary/aromatic N) is 1. The normalized spacial score (nSPS) is 10.6. The van der Waals surface area contributed by atoms with Crippen molar-refractivity contribution in [3.8, 4) is 5.75 Å². The van der Waals surface area contributed by atoms with E-state index in [0.717, 1.165) is 29.2 Å². The van der Waals surface area contributed by atoms with Gasteiger partial charge in [-0.1, -0.05) is 17.3 Å². The Morgan fingerprint density at radius 2 is 2.00 bits per heavy atom. The summed E-state index contributed by atoms with van der Waals surface area (Å²) in [5.74, 6) is 1.65. The Bertz CT molecular complexity index is 484. The van der Waals surface area contributed by atoms with E-state index >= 15 is 0 Å². The van der Waals surface area contributed by atoms with Crippen LogP contribution < -0.4 is 10.1 Å². The summed E-state index contributed by atoms with van der Waals surface area (Å²) in [6, 6.07) is 6.08. The lowest BCUT2D eigenvalue weighted by molar-refractivity contribution is 0.246. The summed E-state index contributed by atoms with van der Waals surface area (Å²) < 4.78 is 10.8. The van der Waals surface area contributed by atoms with Crippen LogP contribution in [0.15, 0.2) is 28.9 Å². The Hall–Kier alpha value is -1.81. The quantitative estimate of drug-likeness (QED) is 0.881. The Morgan fingerprint density at radius 3 is 2.56 bits per heavy atom. The Kier molecular flexibility index (Phi) is 3.99. The molecule has 4 heteroatoms. The van der Waals surface area contributed by atoms with Gasteiger partial charge in [0.2, 0.25) is 0 Å². The van der Waals surface area contributed by atoms with Gasteiger partial charge in [0, 0.05) is 12.6 Å². The van der Waals surface area contributed by atoms with Crippen molar-refractivity contribution < 1.29 is 9.26 Å². The van der Waals surface area contributed by atoms with Gasteiger partial charge in [-0.05, 0) is 37.6 Å². The number of aromatic nitrogens is 1. The van der Waals surface area contributed by atoms with E-state index in [1.807, 2.05) is 7.05 Å². The molecule has 1 heterocycles. The molecular formula is C14H18N2O2. The van der Waals surface area contributed by atoms with Gasteiger partial charge >= 0.3 is 0 Å². The monoisotopic (exact) mass is 246 g/mol. The maximum absolute atomic E-state index is 5.79. The third-order valence-corrected chi connectivity index (χ3v) is 2.75. The van der Waals surface area contributed by atoms with Crippen molar-refractivity contribution in [2.45, 2.75) is 27.0 Å². The van der Waals surface area contributed by atoms with E-state index in [0.29, 0.717) is 6.61 Å². The molecule has 0 saturated carbocycles. The molecule has 1 aromatic heterocycles. The molecule has 0 radical (unpaired) electrons. The van der Waals surface area contributed by atoms with Crippen LogP contribution in [0.5, 0.6) is 5.75 Å². The van der Waals surface area contributed by atoms with Crippen LogP contribution in [-0.2, 0) is 13.2 Å². The minimum absolute atomic E-state index is 0.410.